The van der Waals surface area contributed by atoms with Crippen molar-refractivity contribution in [2.45, 2.75) is 25.3 Å². The Bertz CT molecular complexity index is 850. The molecule has 140 valence electrons. The summed E-state index contributed by atoms with van der Waals surface area (Å²) in [5, 5.41) is 2.68. The third-order valence-corrected chi connectivity index (χ3v) is 4.71. The van der Waals surface area contributed by atoms with Crippen LogP contribution in [-0.4, -0.2) is 46.6 Å². The quantitative estimate of drug-likeness (QED) is 0.697. The van der Waals surface area contributed by atoms with Gasteiger partial charge >= 0.3 is 5.97 Å². The maximum atomic E-state index is 12.4. The number of ether oxygens (including phenoxy) is 1. The number of esters is 1. The summed E-state index contributed by atoms with van der Waals surface area (Å²) >= 11 is 1.59. The van der Waals surface area contributed by atoms with Gasteiger partial charge in [-0.15, -0.1) is 0 Å². The average Bonchev–Trinajstić information content (AvgIpc) is 2.66. The van der Waals surface area contributed by atoms with Gasteiger partial charge in [-0.2, -0.15) is 11.8 Å². The molecule has 0 bridgehead atoms. The van der Waals surface area contributed by atoms with Gasteiger partial charge in [-0.3, -0.25) is 9.59 Å². The van der Waals surface area contributed by atoms with Crippen LogP contribution in [0, 0.1) is 0 Å². The Hall–Kier alpha value is -2.35. The van der Waals surface area contributed by atoms with Gasteiger partial charge in [0.1, 0.15) is 11.7 Å². The fourth-order valence-corrected chi connectivity index (χ4v) is 3.10. The second-order valence-corrected chi connectivity index (χ2v) is 6.82. The lowest BCUT2D eigenvalue weighted by molar-refractivity contribution is -0.145. The predicted octanol–water partition coefficient (Wildman–Crippen LogP) is 1.28. The molecule has 0 spiro atoms. The molecule has 1 N–H and O–H groups in total. The van der Waals surface area contributed by atoms with Crippen molar-refractivity contribution < 1.29 is 14.3 Å². The topological polar surface area (TPSA) is 90.3 Å². The molecule has 26 heavy (non-hydrogen) atoms. The number of nitrogens with zero attached hydrogens (tertiary/aromatic N) is 2. The van der Waals surface area contributed by atoms with Gasteiger partial charge in [0.25, 0.3) is 5.56 Å². The summed E-state index contributed by atoms with van der Waals surface area (Å²) in [5.41, 5.74) is 1.56. The van der Waals surface area contributed by atoms with Crippen LogP contribution in [0.3, 0.4) is 0 Å². The number of carbonyl (C=O) groups is 2. The van der Waals surface area contributed by atoms with Crippen molar-refractivity contribution in [3.05, 3.63) is 40.3 Å². The van der Waals surface area contributed by atoms with Gasteiger partial charge in [-0.25, -0.2) is 9.78 Å². The first-order valence-electron chi connectivity index (χ1n) is 8.28. The fourth-order valence-electron chi connectivity index (χ4n) is 2.63. The summed E-state index contributed by atoms with van der Waals surface area (Å²) in [4.78, 5) is 40.8. The van der Waals surface area contributed by atoms with Crippen LogP contribution in [-0.2, 0) is 27.8 Å². The summed E-state index contributed by atoms with van der Waals surface area (Å²) in [7, 11) is 2.98. The molecule has 7 nitrogen and oxygen atoms in total. The van der Waals surface area contributed by atoms with E-state index in [9.17, 15) is 14.4 Å². The van der Waals surface area contributed by atoms with Gasteiger partial charge in [-0.1, -0.05) is 12.1 Å². The number of aryl methyl sites for hydroxylation is 2. The zero-order chi connectivity index (χ0) is 19.1. The zero-order valence-electron chi connectivity index (χ0n) is 15.2. The van der Waals surface area contributed by atoms with Crippen LogP contribution < -0.4 is 10.9 Å². The van der Waals surface area contributed by atoms with E-state index in [0.717, 1.165) is 11.3 Å². The number of amides is 1. The van der Waals surface area contributed by atoms with Gasteiger partial charge in [0, 0.05) is 19.9 Å². The number of nitrogens with one attached hydrogen (secondary N) is 1. The third kappa shape index (κ3) is 4.85. The SMILES string of the molecule is COC(=O)[C@@H](CCSC)NC(=O)CCc1nc2ccccc2n(C)c1=O. The van der Waals surface area contributed by atoms with E-state index in [1.807, 2.05) is 30.5 Å². The summed E-state index contributed by atoms with van der Waals surface area (Å²) in [6.45, 7) is 0. The summed E-state index contributed by atoms with van der Waals surface area (Å²) in [5.74, 6) is -0.0436. The number of carbonyl (C=O) groups excluding carboxylic acids is 2. The lowest BCUT2D eigenvalue weighted by atomic mass is 10.2. The highest BCUT2D eigenvalue weighted by Gasteiger charge is 2.21. The normalized spacial score (nSPS) is 12.0. The monoisotopic (exact) mass is 377 g/mol. The minimum atomic E-state index is -0.674. The lowest BCUT2D eigenvalue weighted by Gasteiger charge is -2.16. The average molecular weight is 377 g/mol. The minimum Gasteiger partial charge on any atom is -0.467 e. The Morgan fingerprint density at radius 2 is 2.08 bits per heavy atom. The van der Waals surface area contributed by atoms with E-state index < -0.39 is 12.0 Å². The second-order valence-electron chi connectivity index (χ2n) is 5.84. The van der Waals surface area contributed by atoms with E-state index >= 15 is 0 Å². The molecule has 0 unspecified atom stereocenters. The second kappa shape index (κ2) is 9.38. The van der Waals surface area contributed by atoms with E-state index in [2.05, 4.69) is 10.3 Å². The standard InChI is InChI=1S/C18H23N3O4S/c1-21-15-7-5-4-6-12(15)19-13(17(21)23)8-9-16(22)20-14(10-11-26-3)18(24)25-2/h4-7,14H,8-11H2,1-3H3,(H,20,22)/t14-/m1/s1. The van der Waals surface area contributed by atoms with Crippen LogP contribution in [0.1, 0.15) is 18.5 Å². The number of benzene rings is 1. The van der Waals surface area contributed by atoms with Crippen molar-refractivity contribution >= 4 is 34.7 Å². The van der Waals surface area contributed by atoms with Gasteiger partial charge in [0.15, 0.2) is 0 Å². The van der Waals surface area contributed by atoms with Crippen LogP contribution in [0.5, 0.6) is 0 Å². The highest BCUT2D eigenvalue weighted by Crippen LogP contribution is 2.09. The first kappa shape index (κ1) is 20.0. The number of thioether (sulfide) groups is 1. The summed E-state index contributed by atoms with van der Waals surface area (Å²) < 4.78 is 6.26. The molecule has 0 fully saturated rings. The number of fused-ring (bicyclic) bond motifs is 1. The van der Waals surface area contributed by atoms with Gasteiger partial charge < -0.3 is 14.6 Å². The number of methoxy groups -OCH3 is 1. The van der Waals surface area contributed by atoms with Crippen LogP contribution in [0.15, 0.2) is 29.1 Å². The molecule has 1 aromatic heterocycles. The molecule has 0 aliphatic heterocycles. The van der Waals surface area contributed by atoms with Crippen molar-refractivity contribution in [1.29, 1.82) is 0 Å². The molecule has 1 aromatic carbocycles. The lowest BCUT2D eigenvalue weighted by Crippen LogP contribution is -2.42. The number of aromatic nitrogens is 2. The van der Waals surface area contributed by atoms with Gasteiger partial charge in [0.05, 0.1) is 18.1 Å². The Morgan fingerprint density at radius 1 is 1.35 bits per heavy atom. The van der Waals surface area contributed by atoms with E-state index in [4.69, 9.17) is 4.74 Å². The molecule has 1 heterocycles. The van der Waals surface area contributed by atoms with Crippen LogP contribution >= 0.6 is 11.8 Å². The van der Waals surface area contributed by atoms with E-state index in [-0.39, 0.29) is 24.3 Å². The van der Waals surface area contributed by atoms with Crippen molar-refractivity contribution in [3.63, 3.8) is 0 Å². The maximum absolute atomic E-state index is 12.4. The molecule has 0 aliphatic carbocycles. The molecule has 1 atom stereocenters. The highest BCUT2D eigenvalue weighted by molar-refractivity contribution is 7.98. The molecular weight excluding hydrogens is 354 g/mol. The van der Waals surface area contributed by atoms with E-state index in [1.165, 1.54) is 11.7 Å². The Labute approximate surface area is 156 Å². The number of rotatable bonds is 8. The summed E-state index contributed by atoms with van der Waals surface area (Å²) in [6, 6.07) is 6.68. The molecule has 0 saturated carbocycles. The molecule has 0 radical (unpaired) electrons. The Balaban J connectivity index is 2.06. The van der Waals surface area contributed by atoms with Crippen LogP contribution in [0.25, 0.3) is 11.0 Å². The van der Waals surface area contributed by atoms with Crippen molar-refractivity contribution in [2.75, 3.05) is 19.1 Å². The maximum Gasteiger partial charge on any atom is 0.328 e. The van der Waals surface area contributed by atoms with Crippen LogP contribution in [0.2, 0.25) is 0 Å². The third-order valence-electron chi connectivity index (χ3n) is 4.07. The Kier molecular flexibility index (Phi) is 7.20. The fraction of sp³-hybridized carbons (Fsp3) is 0.444. The highest BCUT2D eigenvalue weighted by atomic mass is 32.2. The molecule has 2 rings (SSSR count). The summed E-state index contributed by atoms with van der Waals surface area (Å²) in [6.07, 6.45) is 2.71. The van der Waals surface area contributed by atoms with Gasteiger partial charge in [0.2, 0.25) is 5.91 Å². The van der Waals surface area contributed by atoms with Crippen molar-refractivity contribution in [1.82, 2.24) is 14.9 Å². The molecular formula is C18H23N3O4S. The van der Waals surface area contributed by atoms with Gasteiger partial charge in [-0.05, 0) is 30.6 Å². The smallest absolute Gasteiger partial charge is 0.328 e. The van der Waals surface area contributed by atoms with Crippen molar-refractivity contribution in [2.24, 2.45) is 7.05 Å². The minimum absolute atomic E-state index is 0.0767. The molecule has 1 amide bonds. The zero-order valence-corrected chi connectivity index (χ0v) is 16.0. The predicted molar refractivity (Wildman–Crippen MR) is 102 cm³/mol. The first-order valence-corrected chi connectivity index (χ1v) is 9.68. The molecule has 8 heteroatoms. The molecule has 0 aliphatic rings. The largest absolute Gasteiger partial charge is 0.467 e. The number of para-hydroxylation sites is 2. The van der Waals surface area contributed by atoms with Crippen LogP contribution in [0.4, 0.5) is 0 Å². The molecule has 0 saturated heterocycles. The first-order chi connectivity index (χ1) is 12.5. The van der Waals surface area contributed by atoms with E-state index in [0.29, 0.717) is 17.6 Å². The molecule has 2 aromatic rings. The van der Waals surface area contributed by atoms with Crippen molar-refractivity contribution in [3.8, 4) is 0 Å². The van der Waals surface area contributed by atoms with E-state index in [1.54, 1.807) is 18.8 Å². The number of hydrogen-bond donors (Lipinski definition) is 1. The Morgan fingerprint density at radius 3 is 2.77 bits per heavy atom. The number of hydrogen-bond acceptors (Lipinski definition) is 6.